The molecule has 8 heteroatoms. The Morgan fingerprint density at radius 3 is 2.57 bits per heavy atom. The van der Waals surface area contributed by atoms with E-state index in [2.05, 4.69) is 21.1 Å². The highest BCUT2D eigenvalue weighted by atomic mass is 16.3. The largest absolute Gasteiger partial charge is 0.393 e. The molecule has 0 amide bonds. The molecule has 0 aromatic carbocycles. The van der Waals surface area contributed by atoms with Crippen LogP contribution in [-0.4, -0.2) is 44.0 Å². The molecular formula is C13H15N7O. The average molecular weight is 285 g/mol. The Balaban J connectivity index is 2.00. The molecule has 0 spiro atoms. The quantitative estimate of drug-likeness (QED) is 0.802. The second-order valence-electron chi connectivity index (χ2n) is 4.87. The lowest BCUT2D eigenvalue weighted by molar-refractivity contribution is 0.145. The fraction of sp³-hybridized carbons (Fsp3) is 0.385. The van der Waals surface area contributed by atoms with Crippen molar-refractivity contribution in [1.82, 2.24) is 19.7 Å². The monoisotopic (exact) mass is 285 g/mol. The summed E-state index contributed by atoms with van der Waals surface area (Å²) in [4.78, 5) is 10.2. The van der Waals surface area contributed by atoms with Gasteiger partial charge in [0.15, 0.2) is 11.6 Å². The van der Waals surface area contributed by atoms with Crippen LogP contribution in [0.15, 0.2) is 18.5 Å². The van der Waals surface area contributed by atoms with Crippen LogP contribution in [0.25, 0.3) is 5.95 Å². The first-order chi connectivity index (χ1) is 10.2. The summed E-state index contributed by atoms with van der Waals surface area (Å²) >= 11 is 0. The predicted molar refractivity (Wildman–Crippen MR) is 75.7 cm³/mol. The van der Waals surface area contributed by atoms with Crippen LogP contribution in [0.2, 0.25) is 0 Å². The summed E-state index contributed by atoms with van der Waals surface area (Å²) in [6, 6.07) is 3.79. The van der Waals surface area contributed by atoms with E-state index in [0.29, 0.717) is 43.3 Å². The first-order valence-electron chi connectivity index (χ1n) is 6.69. The smallest absolute Gasteiger partial charge is 0.252 e. The molecule has 0 atom stereocenters. The maximum absolute atomic E-state index is 9.58. The van der Waals surface area contributed by atoms with Gasteiger partial charge < -0.3 is 15.7 Å². The molecule has 1 aliphatic rings. The van der Waals surface area contributed by atoms with Gasteiger partial charge in [0.2, 0.25) is 0 Å². The number of hydrogen-bond donors (Lipinski definition) is 2. The Kier molecular flexibility index (Phi) is 3.41. The Bertz CT molecular complexity index is 668. The van der Waals surface area contributed by atoms with Crippen LogP contribution in [0.5, 0.6) is 0 Å². The minimum absolute atomic E-state index is 0.227. The standard InChI is InChI=1S/C13H15N7O/c14-8-10-11(15)20(13-16-4-1-5-17-13)18-12(10)19-6-2-9(21)3-7-19/h1,4-5,9,21H,2-3,6-7,15H2. The molecule has 3 N–H and O–H groups in total. The predicted octanol–water partition coefficient (Wildman–Crippen LogP) is 0.0773. The molecule has 0 bridgehead atoms. The van der Waals surface area contributed by atoms with Gasteiger partial charge in [-0.2, -0.15) is 9.94 Å². The zero-order valence-corrected chi connectivity index (χ0v) is 11.3. The van der Waals surface area contributed by atoms with E-state index < -0.39 is 0 Å². The third-order valence-corrected chi connectivity index (χ3v) is 3.52. The summed E-state index contributed by atoms with van der Waals surface area (Å²) in [5, 5.41) is 23.3. The van der Waals surface area contributed by atoms with Crippen LogP contribution in [0.1, 0.15) is 18.4 Å². The molecule has 0 aliphatic carbocycles. The fourth-order valence-electron chi connectivity index (χ4n) is 2.38. The number of anilines is 2. The van der Waals surface area contributed by atoms with E-state index in [1.807, 2.05) is 4.90 Å². The summed E-state index contributed by atoms with van der Waals surface area (Å²) in [6.07, 6.45) is 4.20. The van der Waals surface area contributed by atoms with Crippen molar-refractivity contribution in [3.05, 3.63) is 24.0 Å². The maximum atomic E-state index is 9.58. The van der Waals surface area contributed by atoms with Crippen LogP contribution in [0.3, 0.4) is 0 Å². The van der Waals surface area contributed by atoms with Crippen molar-refractivity contribution in [2.45, 2.75) is 18.9 Å². The van der Waals surface area contributed by atoms with Gasteiger partial charge in [0.05, 0.1) is 6.10 Å². The van der Waals surface area contributed by atoms with Crippen molar-refractivity contribution in [1.29, 1.82) is 5.26 Å². The summed E-state index contributed by atoms with van der Waals surface area (Å²) in [7, 11) is 0. The molecule has 0 radical (unpaired) electrons. The van der Waals surface area contributed by atoms with Crippen molar-refractivity contribution in [2.75, 3.05) is 23.7 Å². The van der Waals surface area contributed by atoms with Crippen LogP contribution in [0, 0.1) is 11.3 Å². The van der Waals surface area contributed by atoms with Crippen LogP contribution in [-0.2, 0) is 0 Å². The van der Waals surface area contributed by atoms with Crippen LogP contribution >= 0.6 is 0 Å². The van der Waals surface area contributed by atoms with Gasteiger partial charge in [-0.3, -0.25) is 0 Å². The Labute approximate surface area is 121 Å². The molecule has 2 aromatic heterocycles. The maximum Gasteiger partial charge on any atom is 0.252 e. The number of nitrogens with zero attached hydrogens (tertiary/aromatic N) is 6. The normalized spacial score (nSPS) is 15.9. The van der Waals surface area contributed by atoms with Gasteiger partial charge >= 0.3 is 0 Å². The number of nitriles is 1. The third kappa shape index (κ3) is 2.39. The first kappa shape index (κ1) is 13.3. The molecule has 0 saturated carbocycles. The van der Waals surface area contributed by atoms with E-state index >= 15 is 0 Å². The van der Waals surface area contributed by atoms with E-state index in [1.54, 1.807) is 18.5 Å². The van der Waals surface area contributed by atoms with Crippen LogP contribution < -0.4 is 10.6 Å². The minimum Gasteiger partial charge on any atom is -0.393 e. The average Bonchev–Trinajstić information content (AvgIpc) is 2.85. The summed E-state index contributed by atoms with van der Waals surface area (Å²) < 4.78 is 1.37. The van der Waals surface area contributed by atoms with Crippen molar-refractivity contribution >= 4 is 11.6 Å². The molecule has 21 heavy (non-hydrogen) atoms. The molecule has 108 valence electrons. The van der Waals surface area contributed by atoms with Gasteiger partial charge in [-0.25, -0.2) is 9.97 Å². The van der Waals surface area contributed by atoms with E-state index in [9.17, 15) is 10.4 Å². The second-order valence-corrected chi connectivity index (χ2v) is 4.87. The second kappa shape index (κ2) is 5.38. The van der Waals surface area contributed by atoms with E-state index in [-0.39, 0.29) is 11.9 Å². The molecule has 2 aromatic rings. The van der Waals surface area contributed by atoms with Crippen molar-refractivity contribution in [3.63, 3.8) is 0 Å². The van der Waals surface area contributed by atoms with Gasteiger partial charge in [0.25, 0.3) is 5.95 Å². The number of rotatable bonds is 2. The Morgan fingerprint density at radius 1 is 1.29 bits per heavy atom. The highest BCUT2D eigenvalue weighted by molar-refractivity contribution is 5.66. The zero-order chi connectivity index (χ0) is 14.8. The lowest BCUT2D eigenvalue weighted by Gasteiger charge is -2.29. The van der Waals surface area contributed by atoms with E-state index in [1.165, 1.54) is 4.68 Å². The van der Waals surface area contributed by atoms with E-state index in [4.69, 9.17) is 5.73 Å². The van der Waals surface area contributed by atoms with Gasteiger partial charge in [0.1, 0.15) is 11.6 Å². The lowest BCUT2D eigenvalue weighted by Crippen LogP contribution is -2.36. The van der Waals surface area contributed by atoms with Crippen LogP contribution in [0.4, 0.5) is 11.6 Å². The topological polar surface area (TPSA) is 117 Å². The molecule has 1 aliphatic heterocycles. The Hall–Kier alpha value is -2.66. The molecular weight excluding hydrogens is 270 g/mol. The lowest BCUT2D eigenvalue weighted by atomic mass is 10.1. The minimum atomic E-state index is -0.288. The van der Waals surface area contributed by atoms with Crippen molar-refractivity contribution in [2.24, 2.45) is 0 Å². The highest BCUT2D eigenvalue weighted by Gasteiger charge is 2.25. The van der Waals surface area contributed by atoms with E-state index in [0.717, 1.165) is 0 Å². The van der Waals surface area contributed by atoms with Gasteiger partial charge in [-0.1, -0.05) is 0 Å². The third-order valence-electron chi connectivity index (χ3n) is 3.52. The van der Waals surface area contributed by atoms with Crippen molar-refractivity contribution in [3.8, 4) is 12.0 Å². The zero-order valence-electron chi connectivity index (χ0n) is 11.3. The molecule has 3 heterocycles. The number of nitrogens with two attached hydrogens (primary N) is 1. The molecule has 1 fully saturated rings. The van der Waals surface area contributed by atoms with Gasteiger partial charge in [-0.15, -0.1) is 5.10 Å². The number of piperidine rings is 1. The highest BCUT2D eigenvalue weighted by Crippen LogP contribution is 2.28. The molecule has 8 nitrogen and oxygen atoms in total. The number of hydrogen-bond acceptors (Lipinski definition) is 7. The SMILES string of the molecule is N#Cc1c(N2CCC(O)CC2)nn(-c2ncccn2)c1N. The molecule has 1 saturated heterocycles. The number of aliphatic hydroxyl groups excluding tert-OH is 1. The molecule has 3 rings (SSSR count). The van der Waals surface area contributed by atoms with Crippen molar-refractivity contribution < 1.29 is 5.11 Å². The van der Waals surface area contributed by atoms with Gasteiger partial charge in [0, 0.05) is 25.5 Å². The summed E-state index contributed by atoms with van der Waals surface area (Å²) in [6.45, 7) is 1.28. The number of nitrogen functional groups attached to an aromatic ring is 1. The van der Waals surface area contributed by atoms with Gasteiger partial charge in [-0.05, 0) is 18.9 Å². The summed E-state index contributed by atoms with van der Waals surface area (Å²) in [5.74, 6) is 1.08. The number of aliphatic hydroxyl groups is 1. The first-order valence-corrected chi connectivity index (χ1v) is 6.69. The molecule has 0 unspecified atom stereocenters. The Morgan fingerprint density at radius 2 is 1.95 bits per heavy atom. The fourth-order valence-corrected chi connectivity index (χ4v) is 2.38. The number of aromatic nitrogens is 4. The summed E-state index contributed by atoms with van der Waals surface area (Å²) in [5.41, 5.74) is 6.32.